The molecule has 0 amide bonds. The minimum absolute atomic E-state index is 0.0203. The van der Waals surface area contributed by atoms with Crippen LogP contribution in [0.4, 0.5) is 0 Å². The Labute approximate surface area is 102 Å². The van der Waals surface area contributed by atoms with Gasteiger partial charge in [-0.1, -0.05) is 43.2 Å². The summed E-state index contributed by atoms with van der Waals surface area (Å²) >= 11 is 0. The highest BCUT2D eigenvalue weighted by Gasteiger charge is 2.36. The molecule has 0 unspecified atom stereocenters. The first-order chi connectivity index (χ1) is 8.26. The average molecular weight is 233 g/mol. The van der Waals surface area contributed by atoms with Crippen LogP contribution in [0.1, 0.15) is 31.2 Å². The smallest absolute Gasteiger partial charge is 0.107 e. The summed E-state index contributed by atoms with van der Waals surface area (Å²) in [7, 11) is 0. The Morgan fingerprint density at radius 1 is 1.18 bits per heavy atom. The molecule has 0 radical (unpaired) electrons. The van der Waals surface area contributed by atoms with Gasteiger partial charge in [0.2, 0.25) is 0 Å². The molecule has 2 rings (SSSR count). The zero-order valence-corrected chi connectivity index (χ0v) is 9.97. The van der Waals surface area contributed by atoms with Gasteiger partial charge in [0.05, 0.1) is 18.9 Å². The molecule has 1 aromatic carbocycles. The maximum Gasteiger partial charge on any atom is 0.107 e. The van der Waals surface area contributed by atoms with Crippen LogP contribution in [0.25, 0.3) is 0 Å². The van der Waals surface area contributed by atoms with Gasteiger partial charge in [-0.2, -0.15) is 0 Å². The van der Waals surface area contributed by atoms with Crippen LogP contribution in [0.5, 0.6) is 0 Å². The zero-order valence-electron chi connectivity index (χ0n) is 9.97. The fraction of sp³-hybridized carbons (Fsp3) is 0.500. The standard InChI is InChI=1S/C14H19NO2/c16-11-10-15-13(12-6-2-1-3-7-12)14(17)8-4-5-9-14/h1-3,6-7,16-17H,4-5,8-11H2/b15-13+. The van der Waals surface area contributed by atoms with Gasteiger partial charge in [-0.05, 0) is 18.4 Å². The minimum Gasteiger partial charge on any atom is -0.394 e. The first kappa shape index (κ1) is 12.3. The molecular formula is C14H19NO2. The van der Waals surface area contributed by atoms with E-state index in [9.17, 15) is 5.11 Å². The Bertz CT molecular complexity index is 380. The van der Waals surface area contributed by atoms with Crippen LogP contribution in [0.15, 0.2) is 35.3 Å². The third-order valence-corrected chi connectivity index (χ3v) is 3.29. The summed E-state index contributed by atoms with van der Waals surface area (Å²) in [6, 6.07) is 9.77. The van der Waals surface area contributed by atoms with E-state index < -0.39 is 5.60 Å². The fourth-order valence-corrected chi connectivity index (χ4v) is 2.46. The molecule has 0 atom stereocenters. The number of hydrogen-bond donors (Lipinski definition) is 2. The van der Waals surface area contributed by atoms with E-state index >= 15 is 0 Å². The van der Waals surface area contributed by atoms with Crippen LogP contribution in [-0.4, -0.2) is 34.7 Å². The number of nitrogens with zero attached hydrogens (tertiary/aromatic N) is 1. The first-order valence-corrected chi connectivity index (χ1v) is 6.20. The maximum absolute atomic E-state index is 10.6. The van der Waals surface area contributed by atoms with Gasteiger partial charge in [-0.25, -0.2) is 0 Å². The monoisotopic (exact) mass is 233 g/mol. The molecule has 3 heteroatoms. The molecule has 0 heterocycles. The van der Waals surface area contributed by atoms with Crippen molar-refractivity contribution in [3.05, 3.63) is 35.9 Å². The molecule has 17 heavy (non-hydrogen) atoms. The lowest BCUT2D eigenvalue weighted by atomic mass is 9.90. The summed E-state index contributed by atoms with van der Waals surface area (Å²) in [4.78, 5) is 4.38. The summed E-state index contributed by atoms with van der Waals surface area (Å²) in [5, 5.41) is 19.5. The number of benzene rings is 1. The van der Waals surface area contributed by atoms with Gasteiger partial charge in [0.25, 0.3) is 0 Å². The van der Waals surface area contributed by atoms with Crippen molar-refractivity contribution in [2.75, 3.05) is 13.2 Å². The molecule has 0 aliphatic heterocycles. The molecule has 1 saturated carbocycles. The van der Waals surface area contributed by atoms with Gasteiger partial charge in [0.15, 0.2) is 0 Å². The van der Waals surface area contributed by atoms with Crippen molar-refractivity contribution >= 4 is 5.71 Å². The second-order valence-electron chi connectivity index (χ2n) is 4.56. The Hall–Kier alpha value is -1.19. The van der Waals surface area contributed by atoms with E-state index in [-0.39, 0.29) is 6.61 Å². The van der Waals surface area contributed by atoms with E-state index in [0.29, 0.717) is 6.54 Å². The largest absolute Gasteiger partial charge is 0.394 e. The highest BCUT2D eigenvalue weighted by Crippen LogP contribution is 2.33. The quantitative estimate of drug-likeness (QED) is 0.779. The highest BCUT2D eigenvalue weighted by molar-refractivity contribution is 6.06. The summed E-state index contributed by atoms with van der Waals surface area (Å²) in [5.41, 5.74) is 0.909. The summed E-state index contributed by atoms with van der Waals surface area (Å²) in [5.74, 6) is 0. The number of aliphatic imine (C=N–C) groups is 1. The summed E-state index contributed by atoms with van der Waals surface area (Å²) in [6.45, 7) is 0.374. The predicted octanol–water partition coefficient (Wildman–Crippen LogP) is 1.77. The van der Waals surface area contributed by atoms with Crippen LogP contribution >= 0.6 is 0 Å². The number of aliphatic hydroxyl groups excluding tert-OH is 1. The lowest BCUT2D eigenvalue weighted by Gasteiger charge is -2.25. The van der Waals surface area contributed by atoms with Crippen molar-refractivity contribution in [1.29, 1.82) is 0 Å². The Balaban J connectivity index is 2.32. The van der Waals surface area contributed by atoms with E-state index in [1.807, 2.05) is 30.3 Å². The van der Waals surface area contributed by atoms with Crippen molar-refractivity contribution in [2.45, 2.75) is 31.3 Å². The molecule has 1 aromatic rings. The van der Waals surface area contributed by atoms with Crippen LogP contribution in [0.2, 0.25) is 0 Å². The molecule has 3 nitrogen and oxygen atoms in total. The van der Waals surface area contributed by atoms with Gasteiger partial charge in [0.1, 0.15) is 5.60 Å². The molecule has 0 bridgehead atoms. The lowest BCUT2D eigenvalue weighted by Crippen LogP contribution is -2.36. The summed E-state index contributed by atoms with van der Waals surface area (Å²) in [6.07, 6.45) is 3.63. The van der Waals surface area contributed by atoms with Crippen LogP contribution < -0.4 is 0 Å². The number of aliphatic hydroxyl groups is 2. The van der Waals surface area contributed by atoms with E-state index in [1.54, 1.807) is 0 Å². The van der Waals surface area contributed by atoms with Crippen molar-refractivity contribution in [1.82, 2.24) is 0 Å². The van der Waals surface area contributed by atoms with Crippen molar-refractivity contribution in [2.24, 2.45) is 4.99 Å². The second-order valence-corrected chi connectivity index (χ2v) is 4.56. The van der Waals surface area contributed by atoms with E-state index in [2.05, 4.69) is 4.99 Å². The zero-order chi connectivity index (χ0) is 12.1. The van der Waals surface area contributed by atoms with Gasteiger partial charge >= 0.3 is 0 Å². The molecule has 0 spiro atoms. The number of rotatable bonds is 4. The van der Waals surface area contributed by atoms with Gasteiger partial charge in [-0.15, -0.1) is 0 Å². The van der Waals surface area contributed by atoms with Crippen molar-refractivity contribution in [3.8, 4) is 0 Å². The normalized spacial score (nSPS) is 19.5. The van der Waals surface area contributed by atoms with Gasteiger partial charge < -0.3 is 10.2 Å². The topological polar surface area (TPSA) is 52.8 Å². The van der Waals surface area contributed by atoms with Crippen LogP contribution in [-0.2, 0) is 0 Å². The Morgan fingerprint density at radius 3 is 2.41 bits per heavy atom. The number of hydrogen-bond acceptors (Lipinski definition) is 3. The fourth-order valence-electron chi connectivity index (χ4n) is 2.46. The highest BCUT2D eigenvalue weighted by atomic mass is 16.3. The van der Waals surface area contributed by atoms with Crippen molar-refractivity contribution < 1.29 is 10.2 Å². The van der Waals surface area contributed by atoms with Gasteiger partial charge in [-0.3, -0.25) is 4.99 Å². The van der Waals surface area contributed by atoms with Gasteiger partial charge in [0, 0.05) is 0 Å². The molecular weight excluding hydrogens is 214 g/mol. The van der Waals surface area contributed by atoms with Crippen LogP contribution in [0, 0.1) is 0 Å². The molecule has 1 aliphatic carbocycles. The first-order valence-electron chi connectivity index (χ1n) is 6.20. The third kappa shape index (κ3) is 2.73. The summed E-state index contributed by atoms with van der Waals surface area (Å²) < 4.78 is 0. The molecule has 0 aromatic heterocycles. The van der Waals surface area contributed by atoms with E-state index in [1.165, 1.54) is 0 Å². The Morgan fingerprint density at radius 2 is 1.82 bits per heavy atom. The lowest BCUT2D eigenvalue weighted by molar-refractivity contribution is 0.120. The maximum atomic E-state index is 10.6. The van der Waals surface area contributed by atoms with Crippen molar-refractivity contribution in [3.63, 3.8) is 0 Å². The van der Waals surface area contributed by atoms with E-state index in [0.717, 1.165) is 37.0 Å². The molecule has 2 N–H and O–H groups in total. The van der Waals surface area contributed by atoms with Crippen LogP contribution in [0.3, 0.4) is 0 Å². The van der Waals surface area contributed by atoms with E-state index in [4.69, 9.17) is 5.11 Å². The molecule has 1 aliphatic rings. The minimum atomic E-state index is -0.795. The Kier molecular flexibility index (Phi) is 3.92. The third-order valence-electron chi connectivity index (χ3n) is 3.29. The average Bonchev–Trinajstić information content (AvgIpc) is 2.79. The second kappa shape index (κ2) is 5.43. The molecule has 92 valence electrons. The predicted molar refractivity (Wildman–Crippen MR) is 68.3 cm³/mol. The SMILES string of the molecule is OCC/N=C(\c1ccccc1)C1(O)CCCC1. The molecule has 0 saturated heterocycles. The molecule has 1 fully saturated rings.